The standard InChI is InChI=1S/C39H64NO9P/c1-37(2,3)47-36(43)40(24-16-10-11-17-25-44-26-18-15-21-31-19-13-12-14-20-31)28-34(42)32-22-23-35(33(27-32)29-41)45-30-46-50(48-38(4,5)6)49-39(7,8)9/h12-14,19-20,22-23,27,34,41-42H,10-11,15-18,21,24-26,28-30H2,1-9H3. The lowest BCUT2D eigenvalue weighted by Crippen LogP contribution is -2.39. The molecule has 0 fully saturated rings. The minimum atomic E-state index is -1.69. The van der Waals surface area contributed by atoms with Crippen LogP contribution in [0.15, 0.2) is 48.5 Å². The van der Waals surface area contributed by atoms with Crippen LogP contribution < -0.4 is 4.74 Å². The molecule has 0 aliphatic rings. The summed E-state index contributed by atoms with van der Waals surface area (Å²) < 4.78 is 35.0. The monoisotopic (exact) mass is 721 g/mol. The van der Waals surface area contributed by atoms with Gasteiger partial charge in [-0.15, -0.1) is 0 Å². The van der Waals surface area contributed by atoms with Crippen molar-refractivity contribution >= 4 is 14.7 Å². The lowest BCUT2D eigenvalue weighted by atomic mass is 10.0. The molecule has 1 amide bonds. The number of hydrogen-bond acceptors (Lipinski definition) is 9. The van der Waals surface area contributed by atoms with Gasteiger partial charge in [0, 0.05) is 25.3 Å². The van der Waals surface area contributed by atoms with Gasteiger partial charge in [0.2, 0.25) is 0 Å². The normalized spacial score (nSPS) is 13.0. The Morgan fingerprint density at radius 3 is 2.02 bits per heavy atom. The van der Waals surface area contributed by atoms with Gasteiger partial charge in [-0.05, 0) is 118 Å². The molecule has 0 aliphatic heterocycles. The molecule has 1 unspecified atom stereocenters. The largest absolute Gasteiger partial charge is 0.467 e. The fourth-order valence-corrected chi connectivity index (χ4v) is 5.94. The third kappa shape index (κ3) is 19.9. The van der Waals surface area contributed by atoms with Crippen molar-refractivity contribution in [2.75, 3.05) is 33.1 Å². The molecule has 284 valence electrons. The van der Waals surface area contributed by atoms with Crippen molar-refractivity contribution < 1.29 is 42.8 Å². The third-order valence-electron chi connectivity index (χ3n) is 7.07. The zero-order valence-electron chi connectivity index (χ0n) is 32.0. The van der Waals surface area contributed by atoms with Crippen LogP contribution in [0.5, 0.6) is 5.75 Å². The molecule has 0 bridgehead atoms. The number of aliphatic hydroxyl groups excluding tert-OH is 2. The van der Waals surface area contributed by atoms with Gasteiger partial charge >= 0.3 is 14.7 Å². The van der Waals surface area contributed by atoms with E-state index in [9.17, 15) is 15.0 Å². The average molecular weight is 722 g/mol. The number of carbonyl (C=O) groups excluding carboxylic acids is 1. The maximum Gasteiger partial charge on any atom is 0.410 e. The first-order valence-electron chi connectivity index (χ1n) is 17.9. The Morgan fingerprint density at radius 1 is 0.800 bits per heavy atom. The summed E-state index contributed by atoms with van der Waals surface area (Å²) in [6.07, 6.45) is 5.44. The van der Waals surface area contributed by atoms with Crippen molar-refractivity contribution in [1.29, 1.82) is 0 Å². The number of hydrogen-bond donors (Lipinski definition) is 2. The van der Waals surface area contributed by atoms with E-state index in [2.05, 4.69) is 24.3 Å². The van der Waals surface area contributed by atoms with Gasteiger partial charge in [-0.1, -0.05) is 49.2 Å². The zero-order chi connectivity index (χ0) is 37.2. The summed E-state index contributed by atoms with van der Waals surface area (Å²) in [5, 5.41) is 21.3. The fourth-order valence-electron chi connectivity index (χ4n) is 4.76. The molecule has 0 radical (unpaired) electrons. The van der Waals surface area contributed by atoms with Gasteiger partial charge in [0.25, 0.3) is 0 Å². The summed E-state index contributed by atoms with van der Waals surface area (Å²) in [4.78, 5) is 14.7. The molecule has 2 aromatic carbocycles. The summed E-state index contributed by atoms with van der Waals surface area (Å²) in [6.45, 7) is 18.5. The highest BCUT2D eigenvalue weighted by Crippen LogP contribution is 2.47. The number of benzene rings is 2. The second-order valence-corrected chi connectivity index (χ2v) is 16.5. The van der Waals surface area contributed by atoms with Crippen LogP contribution in [0.3, 0.4) is 0 Å². The van der Waals surface area contributed by atoms with Crippen LogP contribution in [-0.4, -0.2) is 71.1 Å². The molecule has 0 aliphatic carbocycles. The van der Waals surface area contributed by atoms with E-state index in [1.165, 1.54) is 5.56 Å². The van der Waals surface area contributed by atoms with Crippen LogP contribution in [0.2, 0.25) is 0 Å². The van der Waals surface area contributed by atoms with Gasteiger partial charge in [0.1, 0.15) is 11.4 Å². The molecular weight excluding hydrogens is 657 g/mol. The van der Waals surface area contributed by atoms with Crippen molar-refractivity contribution in [2.45, 2.75) is 137 Å². The predicted octanol–water partition coefficient (Wildman–Crippen LogP) is 9.26. The fraction of sp³-hybridized carbons (Fsp3) is 0.667. The molecule has 2 aromatic rings. The number of aryl methyl sites for hydroxylation is 1. The first-order valence-corrected chi connectivity index (χ1v) is 19.0. The van der Waals surface area contributed by atoms with E-state index < -0.39 is 37.6 Å². The number of carbonyl (C=O) groups is 1. The van der Waals surface area contributed by atoms with Crippen LogP contribution in [-0.2, 0) is 36.1 Å². The zero-order valence-corrected chi connectivity index (χ0v) is 32.9. The second kappa shape index (κ2) is 21.9. The lowest BCUT2D eigenvalue weighted by Gasteiger charge is -2.30. The number of rotatable bonds is 22. The molecule has 0 spiro atoms. The number of ether oxygens (including phenoxy) is 3. The van der Waals surface area contributed by atoms with Gasteiger partial charge in [0.15, 0.2) is 6.79 Å². The first-order chi connectivity index (χ1) is 23.5. The van der Waals surface area contributed by atoms with Crippen molar-refractivity contribution in [3.63, 3.8) is 0 Å². The Hall–Kier alpha value is -2.30. The van der Waals surface area contributed by atoms with Gasteiger partial charge in [-0.25, -0.2) is 4.79 Å². The van der Waals surface area contributed by atoms with Gasteiger partial charge in [0.05, 0.1) is 30.5 Å². The molecular formula is C39H64NO9P. The Kier molecular flexibility index (Phi) is 19.2. The molecule has 10 nitrogen and oxygen atoms in total. The first kappa shape index (κ1) is 43.9. The van der Waals surface area contributed by atoms with Crippen molar-refractivity contribution in [3.8, 4) is 5.75 Å². The van der Waals surface area contributed by atoms with Crippen LogP contribution in [0, 0.1) is 0 Å². The molecule has 50 heavy (non-hydrogen) atoms. The highest BCUT2D eigenvalue weighted by molar-refractivity contribution is 7.41. The van der Waals surface area contributed by atoms with E-state index in [1.54, 1.807) is 23.1 Å². The average Bonchev–Trinajstić information content (AvgIpc) is 3.01. The summed E-state index contributed by atoms with van der Waals surface area (Å²) in [6, 6.07) is 15.6. The van der Waals surface area contributed by atoms with Crippen LogP contribution in [0.4, 0.5) is 4.79 Å². The Labute approximate surface area is 302 Å². The summed E-state index contributed by atoms with van der Waals surface area (Å²) in [5.41, 5.74) is 0.770. The van der Waals surface area contributed by atoms with Gasteiger partial charge < -0.3 is 38.4 Å². The van der Waals surface area contributed by atoms with E-state index in [0.29, 0.717) is 23.4 Å². The van der Waals surface area contributed by atoms with E-state index in [4.69, 9.17) is 27.8 Å². The van der Waals surface area contributed by atoms with Gasteiger partial charge in [-0.3, -0.25) is 4.52 Å². The van der Waals surface area contributed by atoms with E-state index in [1.807, 2.05) is 68.4 Å². The summed E-state index contributed by atoms with van der Waals surface area (Å²) in [5.74, 6) is 0.407. The van der Waals surface area contributed by atoms with Crippen molar-refractivity contribution in [2.24, 2.45) is 0 Å². The SMILES string of the molecule is CC(C)(C)OC(=O)N(CCCCCCOCCCCc1ccccc1)CC(O)c1ccc(OCOP(OC(C)(C)C)OC(C)(C)C)c(CO)c1. The number of amides is 1. The van der Waals surface area contributed by atoms with Crippen molar-refractivity contribution in [1.82, 2.24) is 4.90 Å². The predicted molar refractivity (Wildman–Crippen MR) is 199 cm³/mol. The van der Waals surface area contributed by atoms with E-state index >= 15 is 0 Å². The minimum absolute atomic E-state index is 0.0494. The second-order valence-electron chi connectivity index (χ2n) is 15.5. The highest BCUT2D eigenvalue weighted by atomic mass is 31.2. The molecule has 1 atom stereocenters. The van der Waals surface area contributed by atoms with Gasteiger partial charge in [-0.2, -0.15) is 0 Å². The smallest absolute Gasteiger partial charge is 0.410 e. The maximum atomic E-state index is 13.1. The van der Waals surface area contributed by atoms with Crippen LogP contribution >= 0.6 is 8.60 Å². The van der Waals surface area contributed by atoms with Crippen molar-refractivity contribution in [3.05, 3.63) is 65.2 Å². The molecule has 2 rings (SSSR count). The Balaban J connectivity index is 1.86. The van der Waals surface area contributed by atoms with E-state index in [-0.39, 0.29) is 19.9 Å². The summed E-state index contributed by atoms with van der Waals surface area (Å²) in [7, 11) is -1.69. The number of unbranched alkanes of at least 4 members (excludes halogenated alkanes) is 4. The maximum absolute atomic E-state index is 13.1. The van der Waals surface area contributed by atoms with E-state index in [0.717, 1.165) is 58.2 Å². The Morgan fingerprint density at radius 2 is 1.42 bits per heavy atom. The van der Waals surface area contributed by atoms with Crippen LogP contribution in [0.25, 0.3) is 0 Å². The Bertz CT molecular complexity index is 1210. The number of aliphatic hydroxyl groups is 2. The molecule has 0 saturated carbocycles. The highest BCUT2D eigenvalue weighted by Gasteiger charge is 2.28. The molecule has 2 N–H and O–H groups in total. The summed E-state index contributed by atoms with van der Waals surface area (Å²) >= 11 is 0. The molecule has 0 heterocycles. The molecule has 0 aromatic heterocycles. The minimum Gasteiger partial charge on any atom is -0.467 e. The third-order valence-corrected chi connectivity index (χ3v) is 8.78. The van der Waals surface area contributed by atoms with Crippen LogP contribution in [0.1, 0.15) is 124 Å². The number of nitrogens with zero attached hydrogens (tertiary/aromatic N) is 1. The molecule has 0 saturated heterocycles. The lowest BCUT2D eigenvalue weighted by molar-refractivity contribution is 0.00777. The topological polar surface area (TPSA) is 116 Å². The quantitative estimate of drug-likeness (QED) is 0.0697. The molecule has 11 heteroatoms.